The third kappa shape index (κ3) is 8.33. The second-order valence-electron chi connectivity index (χ2n) is 7.44. The molecule has 170 valence electrons. The molecule has 2 aromatic rings. The van der Waals surface area contributed by atoms with Crippen LogP contribution in [0.25, 0.3) is 0 Å². The monoisotopic (exact) mass is 430 g/mol. The standard InChI is InChI=1S/C23H34N4O4/c1-5-24-23(26-13-6-12-25-22(29)21-17(4)11-14-30-21)27-15-20(28)18-7-9-19(10-8-18)31-16(2)3/h7-11,14,16,20,28H,5-6,12-13,15H2,1-4H3,(H,25,29)(H2,24,26,27). The zero-order valence-electron chi connectivity index (χ0n) is 18.8. The molecule has 0 bridgehead atoms. The highest BCUT2D eigenvalue weighted by atomic mass is 16.5. The van der Waals surface area contributed by atoms with Gasteiger partial charge in [0.2, 0.25) is 0 Å². The Morgan fingerprint density at radius 1 is 1.13 bits per heavy atom. The maximum Gasteiger partial charge on any atom is 0.287 e. The van der Waals surface area contributed by atoms with Gasteiger partial charge < -0.3 is 30.2 Å². The highest BCUT2D eigenvalue weighted by Crippen LogP contribution is 2.19. The summed E-state index contributed by atoms with van der Waals surface area (Å²) in [4.78, 5) is 16.5. The van der Waals surface area contributed by atoms with Crippen molar-refractivity contribution < 1.29 is 19.1 Å². The molecule has 0 aliphatic carbocycles. The summed E-state index contributed by atoms with van der Waals surface area (Å²) in [7, 11) is 0. The number of carbonyl (C=O) groups is 1. The summed E-state index contributed by atoms with van der Waals surface area (Å²) >= 11 is 0. The van der Waals surface area contributed by atoms with Crippen molar-refractivity contribution in [3.63, 3.8) is 0 Å². The van der Waals surface area contributed by atoms with Crippen molar-refractivity contribution in [3.05, 3.63) is 53.5 Å². The van der Waals surface area contributed by atoms with E-state index in [9.17, 15) is 9.90 Å². The Morgan fingerprint density at radius 3 is 2.45 bits per heavy atom. The Balaban J connectivity index is 1.76. The zero-order valence-corrected chi connectivity index (χ0v) is 18.8. The molecule has 8 nitrogen and oxygen atoms in total. The van der Waals surface area contributed by atoms with Gasteiger partial charge in [0.05, 0.1) is 25.0 Å². The molecule has 1 unspecified atom stereocenters. The number of benzene rings is 1. The largest absolute Gasteiger partial charge is 0.491 e. The SMILES string of the molecule is CCNC(=NCC(O)c1ccc(OC(C)C)cc1)NCCCNC(=O)c1occc1C. The first-order valence-corrected chi connectivity index (χ1v) is 10.7. The van der Waals surface area contributed by atoms with Gasteiger partial charge >= 0.3 is 0 Å². The first-order chi connectivity index (χ1) is 14.9. The van der Waals surface area contributed by atoms with E-state index < -0.39 is 6.10 Å². The van der Waals surface area contributed by atoms with Crippen LogP contribution < -0.4 is 20.7 Å². The molecule has 0 saturated heterocycles. The number of hydrogen-bond donors (Lipinski definition) is 4. The molecule has 1 aromatic heterocycles. The van der Waals surface area contributed by atoms with Crippen LogP contribution in [0, 0.1) is 6.92 Å². The Morgan fingerprint density at radius 2 is 1.84 bits per heavy atom. The van der Waals surface area contributed by atoms with Crippen LogP contribution in [0.5, 0.6) is 5.75 Å². The summed E-state index contributed by atoms with van der Waals surface area (Å²) in [5.41, 5.74) is 1.60. The predicted octanol–water partition coefficient (Wildman–Crippen LogP) is 2.78. The minimum atomic E-state index is -0.709. The van der Waals surface area contributed by atoms with E-state index in [0.717, 1.165) is 23.3 Å². The average Bonchev–Trinajstić information content (AvgIpc) is 3.17. The highest BCUT2D eigenvalue weighted by molar-refractivity contribution is 5.92. The van der Waals surface area contributed by atoms with Gasteiger partial charge in [-0.3, -0.25) is 9.79 Å². The number of hydrogen-bond acceptors (Lipinski definition) is 5. The zero-order chi connectivity index (χ0) is 22.6. The summed E-state index contributed by atoms with van der Waals surface area (Å²) in [6.07, 6.45) is 1.62. The molecule has 0 aliphatic rings. The summed E-state index contributed by atoms with van der Waals surface area (Å²) < 4.78 is 10.8. The lowest BCUT2D eigenvalue weighted by molar-refractivity contribution is 0.0925. The third-order valence-electron chi connectivity index (χ3n) is 4.40. The summed E-state index contributed by atoms with van der Waals surface area (Å²) in [5.74, 6) is 1.53. The van der Waals surface area contributed by atoms with Crippen LogP contribution in [0.3, 0.4) is 0 Å². The lowest BCUT2D eigenvalue weighted by Gasteiger charge is -2.14. The number of aliphatic hydroxyl groups is 1. The molecular formula is C23H34N4O4. The molecule has 1 heterocycles. The average molecular weight is 431 g/mol. The van der Waals surface area contributed by atoms with Crippen LogP contribution in [0.2, 0.25) is 0 Å². The Kier molecular flexibility index (Phi) is 9.90. The van der Waals surface area contributed by atoms with E-state index in [2.05, 4.69) is 20.9 Å². The minimum Gasteiger partial charge on any atom is -0.491 e. The van der Waals surface area contributed by atoms with Crippen LogP contribution in [-0.4, -0.2) is 49.3 Å². The quantitative estimate of drug-likeness (QED) is 0.248. The lowest BCUT2D eigenvalue weighted by Crippen LogP contribution is -2.39. The van der Waals surface area contributed by atoms with E-state index >= 15 is 0 Å². The van der Waals surface area contributed by atoms with Crippen LogP contribution in [-0.2, 0) is 0 Å². The number of aliphatic imine (C=N–C) groups is 1. The maximum absolute atomic E-state index is 12.0. The number of rotatable bonds is 11. The van der Waals surface area contributed by atoms with Crippen molar-refractivity contribution in [2.45, 2.75) is 46.3 Å². The van der Waals surface area contributed by atoms with Crippen LogP contribution in [0.4, 0.5) is 0 Å². The molecule has 0 saturated carbocycles. The van der Waals surface area contributed by atoms with Gasteiger partial charge in [-0.1, -0.05) is 12.1 Å². The highest BCUT2D eigenvalue weighted by Gasteiger charge is 2.11. The van der Waals surface area contributed by atoms with Gasteiger partial charge in [0.15, 0.2) is 11.7 Å². The smallest absolute Gasteiger partial charge is 0.287 e. The minimum absolute atomic E-state index is 0.108. The molecule has 2 rings (SSSR count). The van der Waals surface area contributed by atoms with Crippen molar-refractivity contribution in [1.29, 1.82) is 0 Å². The molecule has 1 amide bonds. The molecule has 0 radical (unpaired) electrons. The van der Waals surface area contributed by atoms with Gasteiger partial charge in [0, 0.05) is 25.2 Å². The van der Waals surface area contributed by atoms with Gasteiger partial charge in [-0.2, -0.15) is 0 Å². The number of nitrogens with one attached hydrogen (secondary N) is 3. The lowest BCUT2D eigenvalue weighted by atomic mass is 10.1. The van der Waals surface area contributed by atoms with Crippen molar-refractivity contribution in [1.82, 2.24) is 16.0 Å². The van der Waals surface area contributed by atoms with E-state index in [0.29, 0.717) is 31.4 Å². The number of amides is 1. The molecule has 1 atom stereocenters. The number of aryl methyl sites for hydroxylation is 1. The fraction of sp³-hybridized carbons (Fsp3) is 0.478. The van der Waals surface area contributed by atoms with E-state index in [-0.39, 0.29) is 18.6 Å². The summed E-state index contributed by atoms with van der Waals surface area (Å²) in [6, 6.07) is 9.16. The molecule has 0 fully saturated rings. The van der Waals surface area contributed by atoms with Gasteiger partial charge in [0.1, 0.15) is 5.75 Å². The van der Waals surface area contributed by atoms with Gasteiger partial charge in [-0.25, -0.2) is 0 Å². The number of nitrogens with zero attached hydrogens (tertiary/aromatic N) is 1. The summed E-state index contributed by atoms with van der Waals surface area (Å²) in [6.45, 7) is 9.83. The van der Waals surface area contributed by atoms with Crippen molar-refractivity contribution in [3.8, 4) is 5.75 Å². The van der Waals surface area contributed by atoms with E-state index in [1.54, 1.807) is 6.07 Å². The molecular weight excluding hydrogens is 396 g/mol. The third-order valence-corrected chi connectivity index (χ3v) is 4.40. The molecule has 4 N–H and O–H groups in total. The predicted molar refractivity (Wildman–Crippen MR) is 122 cm³/mol. The number of carbonyl (C=O) groups excluding carboxylic acids is 1. The van der Waals surface area contributed by atoms with E-state index in [1.807, 2.05) is 52.0 Å². The van der Waals surface area contributed by atoms with Gasteiger partial charge in [0.25, 0.3) is 5.91 Å². The molecule has 0 spiro atoms. The first-order valence-electron chi connectivity index (χ1n) is 10.7. The Bertz CT molecular complexity index is 830. The van der Waals surface area contributed by atoms with Crippen LogP contribution in [0.15, 0.2) is 46.0 Å². The maximum atomic E-state index is 12.0. The van der Waals surface area contributed by atoms with Gasteiger partial charge in [-0.15, -0.1) is 0 Å². The van der Waals surface area contributed by atoms with Crippen LogP contribution >= 0.6 is 0 Å². The van der Waals surface area contributed by atoms with Gasteiger partial charge in [-0.05, 0) is 57.9 Å². The summed E-state index contributed by atoms with van der Waals surface area (Å²) in [5, 5.41) is 19.6. The number of ether oxygens (including phenoxy) is 1. The van der Waals surface area contributed by atoms with Crippen molar-refractivity contribution in [2.24, 2.45) is 4.99 Å². The first kappa shape index (κ1) is 24.3. The number of furan rings is 1. The normalized spacial score (nSPS) is 12.5. The fourth-order valence-corrected chi connectivity index (χ4v) is 2.85. The molecule has 8 heteroatoms. The van der Waals surface area contributed by atoms with Crippen molar-refractivity contribution >= 4 is 11.9 Å². The van der Waals surface area contributed by atoms with E-state index in [1.165, 1.54) is 6.26 Å². The van der Waals surface area contributed by atoms with Crippen LogP contribution in [0.1, 0.15) is 55.0 Å². The Labute approximate surface area is 184 Å². The topological polar surface area (TPSA) is 108 Å². The fourth-order valence-electron chi connectivity index (χ4n) is 2.85. The number of aliphatic hydroxyl groups excluding tert-OH is 1. The Hall–Kier alpha value is -3.00. The second kappa shape index (κ2) is 12.6. The van der Waals surface area contributed by atoms with Crippen molar-refractivity contribution in [2.75, 3.05) is 26.2 Å². The molecule has 0 aliphatic heterocycles. The number of guanidine groups is 1. The molecule has 31 heavy (non-hydrogen) atoms. The second-order valence-corrected chi connectivity index (χ2v) is 7.44. The van der Waals surface area contributed by atoms with E-state index in [4.69, 9.17) is 9.15 Å². The molecule has 1 aromatic carbocycles.